The van der Waals surface area contributed by atoms with Crippen molar-refractivity contribution in [3.8, 4) is 0 Å². The van der Waals surface area contributed by atoms with Crippen molar-refractivity contribution in [2.24, 2.45) is 0 Å². The van der Waals surface area contributed by atoms with Crippen molar-refractivity contribution in [3.05, 3.63) is 60.8 Å². The van der Waals surface area contributed by atoms with Gasteiger partial charge in [-0.25, -0.2) is 0 Å². The third-order valence-corrected chi connectivity index (χ3v) is 12.3. The van der Waals surface area contributed by atoms with E-state index in [0.29, 0.717) is 25.7 Å². The number of allylic oxidation sites excluding steroid dienone is 10. The predicted molar refractivity (Wildman–Crippen MR) is 278 cm³/mol. The molecule has 0 spiro atoms. The molecule has 0 fully saturated rings. The molecule has 64 heavy (non-hydrogen) atoms. The fourth-order valence-corrected chi connectivity index (χ4v) is 8.13. The van der Waals surface area contributed by atoms with Crippen molar-refractivity contribution in [1.29, 1.82) is 0 Å². The highest BCUT2D eigenvalue weighted by atomic mass is 16.5. The first-order valence-corrected chi connectivity index (χ1v) is 27.5. The lowest BCUT2D eigenvalue weighted by molar-refractivity contribution is -0.151. The number of carbonyl (C=O) groups is 2. The summed E-state index contributed by atoms with van der Waals surface area (Å²) in [5.74, 6) is -0.566. The van der Waals surface area contributed by atoms with Crippen LogP contribution in [0.5, 0.6) is 0 Å². The number of rotatable bonds is 49. The number of hydrogen-bond donors (Lipinski definition) is 3. The number of hydrogen-bond acceptors (Lipinski definition) is 5. The quantitative estimate of drug-likeness (QED) is 0.0321. The van der Waals surface area contributed by atoms with Gasteiger partial charge in [0.2, 0.25) is 5.91 Å². The average molecular weight is 896 g/mol. The molecule has 0 aliphatic carbocycles. The van der Waals surface area contributed by atoms with Gasteiger partial charge in [0.05, 0.1) is 25.2 Å². The Labute approximate surface area is 397 Å². The molecule has 0 bridgehead atoms. The number of esters is 1. The van der Waals surface area contributed by atoms with Crippen LogP contribution in [-0.4, -0.2) is 46.9 Å². The number of amides is 1. The normalized spacial score (nSPS) is 13.6. The Hall–Kier alpha value is -2.44. The topological polar surface area (TPSA) is 95.9 Å². The van der Waals surface area contributed by atoms with E-state index in [4.69, 9.17) is 4.74 Å². The lowest BCUT2D eigenvalue weighted by Crippen LogP contribution is -2.46. The van der Waals surface area contributed by atoms with Gasteiger partial charge in [-0.3, -0.25) is 9.59 Å². The second kappa shape index (κ2) is 51.5. The van der Waals surface area contributed by atoms with E-state index in [1.807, 2.05) is 0 Å². The minimum absolute atomic E-state index is 0.0346. The zero-order chi connectivity index (χ0) is 46.7. The molecular weight excluding hydrogens is 791 g/mol. The van der Waals surface area contributed by atoms with Gasteiger partial charge in [-0.15, -0.1) is 0 Å². The summed E-state index contributed by atoms with van der Waals surface area (Å²) in [5.41, 5.74) is 0. The van der Waals surface area contributed by atoms with Crippen molar-refractivity contribution < 1.29 is 24.5 Å². The van der Waals surface area contributed by atoms with Crippen molar-refractivity contribution in [1.82, 2.24) is 5.32 Å². The zero-order valence-electron chi connectivity index (χ0n) is 42.4. The molecule has 0 aromatic rings. The summed E-state index contributed by atoms with van der Waals surface area (Å²) in [6.45, 7) is 6.44. The second-order valence-electron chi connectivity index (χ2n) is 18.6. The molecule has 1 amide bonds. The minimum Gasteiger partial charge on any atom is -0.462 e. The predicted octanol–water partition coefficient (Wildman–Crippen LogP) is 16.8. The van der Waals surface area contributed by atoms with Gasteiger partial charge in [-0.2, -0.15) is 0 Å². The number of nitrogens with one attached hydrogen (secondary N) is 1. The largest absolute Gasteiger partial charge is 0.462 e. The molecular formula is C58H105NO5. The molecule has 0 aliphatic heterocycles. The van der Waals surface area contributed by atoms with Crippen LogP contribution in [0.1, 0.15) is 271 Å². The summed E-state index contributed by atoms with van der Waals surface area (Å²) >= 11 is 0. The number of aliphatic hydroxyl groups excluding tert-OH is 2. The molecule has 0 rings (SSSR count). The summed E-state index contributed by atoms with van der Waals surface area (Å²) in [7, 11) is 0. The number of unbranched alkanes of at least 4 members (excludes halogenated alkanes) is 27. The molecule has 3 atom stereocenters. The molecule has 0 aliphatic rings. The van der Waals surface area contributed by atoms with Gasteiger partial charge < -0.3 is 20.3 Å². The summed E-state index contributed by atoms with van der Waals surface area (Å²) in [4.78, 5) is 26.2. The van der Waals surface area contributed by atoms with Crippen LogP contribution in [0.15, 0.2) is 60.8 Å². The van der Waals surface area contributed by atoms with E-state index in [9.17, 15) is 19.8 Å². The molecule has 3 unspecified atom stereocenters. The molecule has 6 heteroatoms. The molecule has 0 radical (unpaired) electrons. The van der Waals surface area contributed by atoms with E-state index >= 15 is 0 Å². The lowest BCUT2D eigenvalue weighted by Gasteiger charge is -2.24. The van der Waals surface area contributed by atoms with E-state index in [1.54, 1.807) is 0 Å². The summed E-state index contributed by atoms with van der Waals surface area (Å²) in [5, 5.41) is 23.8. The van der Waals surface area contributed by atoms with Crippen molar-refractivity contribution in [2.45, 2.75) is 289 Å². The monoisotopic (exact) mass is 896 g/mol. The third-order valence-electron chi connectivity index (χ3n) is 12.3. The van der Waals surface area contributed by atoms with Crippen molar-refractivity contribution in [2.75, 3.05) is 6.61 Å². The van der Waals surface area contributed by atoms with Gasteiger partial charge in [0.25, 0.3) is 0 Å². The summed E-state index contributed by atoms with van der Waals surface area (Å²) in [6.07, 6.45) is 64.3. The van der Waals surface area contributed by atoms with Crippen LogP contribution in [0.25, 0.3) is 0 Å². The van der Waals surface area contributed by atoms with Crippen LogP contribution in [0.4, 0.5) is 0 Å². The Morgan fingerprint density at radius 3 is 1.28 bits per heavy atom. The first-order valence-electron chi connectivity index (χ1n) is 27.5. The van der Waals surface area contributed by atoms with Gasteiger partial charge in [0.15, 0.2) is 0 Å². The first kappa shape index (κ1) is 61.6. The highest BCUT2D eigenvalue weighted by Gasteiger charge is 2.24. The van der Waals surface area contributed by atoms with Crippen LogP contribution in [0, 0.1) is 0 Å². The number of aliphatic hydroxyl groups is 2. The summed E-state index contributed by atoms with van der Waals surface area (Å²) < 4.78 is 5.89. The summed E-state index contributed by atoms with van der Waals surface area (Å²) in [6, 6.07) is -0.722. The number of carbonyl (C=O) groups excluding carboxylic acids is 2. The fraction of sp³-hybridized carbons (Fsp3) is 0.793. The molecule has 0 saturated carbocycles. The molecule has 0 aromatic heterocycles. The highest BCUT2D eigenvalue weighted by molar-refractivity contribution is 5.77. The van der Waals surface area contributed by atoms with Crippen LogP contribution in [0.2, 0.25) is 0 Å². The van der Waals surface area contributed by atoms with Crippen LogP contribution < -0.4 is 5.32 Å². The van der Waals surface area contributed by atoms with Crippen LogP contribution in [-0.2, 0) is 14.3 Å². The van der Waals surface area contributed by atoms with E-state index in [-0.39, 0.29) is 24.9 Å². The van der Waals surface area contributed by atoms with E-state index in [2.05, 4.69) is 86.8 Å². The number of ether oxygens (including phenoxy) is 1. The SMILES string of the molecule is CCCCC/C=C\C/C=C\C/C=C\C/C=C\CCCC(=O)OC(CCC/C=C\CCCCCCCCC)CC(=O)NC(CO)C(O)CCCCCCCCCCCCCCCCCC. The third kappa shape index (κ3) is 46.1. The molecule has 0 aromatic carbocycles. The maximum Gasteiger partial charge on any atom is 0.306 e. The average Bonchev–Trinajstić information content (AvgIpc) is 3.29. The first-order chi connectivity index (χ1) is 31.5. The maximum atomic E-state index is 13.2. The van der Waals surface area contributed by atoms with Gasteiger partial charge in [-0.1, -0.05) is 236 Å². The van der Waals surface area contributed by atoms with E-state index < -0.39 is 18.2 Å². The van der Waals surface area contributed by atoms with Gasteiger partial charge in [0, 0.05) is 6.42 Å². The minimum atomic E-state index is -0.805. The molecule has 3 N–H and O–H groups in total. The Morgan fingerprint density at radius 1 is 0.453 bits per heavy atom. The zero-order valence-corrected chi connectivity index (χ0v) is 42.4. The van der Waals surface area contributed by atoms with Crippen LogP contribution in [0.3, 0.4) is 0 Å². The Bertz CT molecular complexity index is 1140. The maximum absolute atomic E-state index is 13.2. The Balaban J connectivity index is 4.62. The van der Waals surface area contributed by atoms with Crippen molar-refractivity contribution in [3.63, 3.8) is 0 Å². The lowest BCUT2D eigenvalue weighted by atomic mass is 10.0. The molecule has 6 nitrogen and oxygen atoms in total. The van der Waals surface area contributed by atoms with Gasteiger partial charge in [0.1, 0.15) is 6.10 Å². The smallest absolute Gasteiger partial charge is 0.306 e. The van der Waals surface area contributed by atoms with Crippen molar-refractivity contribution >= 4 is 11.9 Å². The Morgan fingerprint density at radius 2 is 0.812 bits per heavy atom. The molecule has 372 valence electrons. The molecule has 0 heterocycles. The van der Waals surface area contributed by atoms with Crippen LogP contribution >= 0.6 is 0 Å². The van der Waals surface area contributed by atoms with E-state index in [0.717, 1.165) is 64.2 Å². The molecule has 0 saturated heterocycles. The second-order valence-corrected chi connectivity index (χ2v) is 18.6. The van der Waals surface area contributed by atoms with Gasteiger partial charge >= 0.3 is 5.97 Å². The van der Waals surface area contributed by atoms with E-state index in [1.165, 1.54) is 154 Å². The standard InChI is InChI=1S/C58H105NO5/c1-4-7-10-13-16-19-22-25-27-29-31-33-36-39-42-45-48-51-58(63)64-54(49-46-43-40-37-34-24-21-18-15-12-9-6-3)52-57(62)59-55(53-60)56(61)50-47-44-41-38-35-32-30-28-26-23-20-17-14-11-8-5-2/h16,19,25,27,31,33,37,39-40,42,54-56,60-61H,4-15,17-18,20-24,26,28-30,32,34-36,38,41,43-53H2,1-3H3,(H,59,62)/b19-16-,27-25-,33-31-,40-37-,42-39-. The van der Waals surface area contributed by atoms with Gasteiger partial charge in [-0.05, 0) is 83.5 Å². The fourth-order valence-electron chi connectivity index (χ4n) is 8.13. The Kier molecular flexibility index (Phi) is 49.6. The highest BCUT2D eigenvalue weighted by Crippen LogP contribution is 2.17.